The van der Waals surface area contributed by atoms with Crippen molar-refractivity contribution in [1.29, 1.82) is 5.26 Å². The molecule has 0 bridgehead atoms. The van der Waals surface area contributed by atoms with Gasteiger partial charge >= 0.3 is 0 Å². The molecule has 230 valence electrons. The third-order valence-corrected chi connectivity index (χ3v) is 10.2. The third-order valence-electron chi connectivity index (χ3n) is 7.70. The molecule has 0 spiro atoms. The second-order valence-electron chi connectivity index (χ2n) is 10.6. The number of aliphatic hydroxyl groups is 3. The summed E-state index contributed by atoms with van der Waals surface area (Å²) in [4.78, 5) is 3.21. The largest absolute Gasteiger partial charge is 0.388 e. The van der Waals surface area contributed by atoms with Gasteiger partial charge in [0.1, 0.15) is 24.3 Å². The van der Waals surface area contributed by atoms with Crippen molar-refractivity contribution in [3.8, 4) is 16.5 Å². The summed E-state index contributed by atoms with van der Waals surface area (Å²) in [6.07, 6.45) is -4.02. The number of rotatable bonds is 10. The van der Waals surface area contributed by atoms with Gasteiger partial charge in [0.25, 0.3) is 10.0 Å². The summed E-state index contributed by atoms with van der Waals surface area (Å²) in [5.41, 5.74) is 2.00. The molecule has 0 radical (unpaired) electrons. The van der Waals surface area contributed by atoms with Gasteiger partial charge in [-0.05, 0) is 59.2 Å². The Labute approximate surface area is 255 Å². The van der Waals surface area contributed by atoms with Crippen LogP contribution in [0.4, 0.5) is 5.69 Å². The van der Waals surface area contributed by atoms with E-state index in [1.165, 1.54) is 17.4 Å². The highest BCUT2D eigenvalue weighted by Gasteiger charge is 2.45. The van der Waals surface area contributed by atoms with E-state index < -0.39 is 45.6 Å². The van der Waals surface area contributed by atoms with E-state index in [0.29, 0.717) is 11.3 Å². The molecule has 2 saturated heterocycles. The first kappa shape index (κ1) is 31.5. The highest BCUT2D eigenvalue weighted by molar-refractivity contribution is 7.93. The predicted octanol–water partition coefficient (Wildman–Crippen LogP) is 2.31. The summed E-state index contributed by atoms with van der Waals surface area (Å²) in [5.74, 6) is 0. The maximum atomic E-state index is 13.0. The van der Waals surface area contributed by atoms with Crippen LogP contribution >= 0.6 is 11.3 Å². The van der Waals surface area contributed by atoms with Crippen molar-refractivity contribution in [3.63, 3.8) is 0 Å². The summed E-state index contributed by atoms with van der Waals surface area (Å²) in [6, 6.07) is 16.1. The van der Waals surface area contributed by atoms with Crippen molar-refractivity contribution in [3.05, 3.63) is 58.3 Å². The van der Waals surface area contributed by atoms with Crippen LogP contribution in [0.15, 0.2) is 53.4 Å². The number of nitriles is 1. The number of hydrogen-bond acceptors (Lipinski definition) is 11. The average molecular weight is 629 g/mol. The van der Waals surface area contributed by atoms with Gasteiger partial charge in [-0.2, -0.15) is 9.98 Å². The SMILES string of the molecule is CC[C@H]1OC(O)[C@H](NS(=O)(=O)/C(C#N)=C/c2ccc(-c3ccc4cc(NCCN5CCOCC5)ccc4c3)s2)[C@@H](O)[C@@H]1O. The number of anilines is 1. The molecule has 5 atom stereocenters. The summed E-state index contributed by atoms with van der Waals surface area (Å²) in [5, 5.41) is 46.2. The molecule has 0 amide bonds. The zero-order valence-corrected chi connectivity index (χ0v) is 25.4. The number of hydrogen-bond donors (Lipinski definition) is 5. The molecule has 2 aliphatic rings. The molecular weight excluding hydrogens is 592 g/mol. The Morgan fingerprint density at radius 1 is 1.09 bits per heavy atom. The summed E-state index contributed by atoms with van der Waals surface area (Å²) in [6.45, 7) is 7.00. The van der Waals surface area contributed by atoms with E-state index >= 15 is 0 Å². The number of ether oxygens (including phenoxy) is 2. The first-order chi connectivity index (χ1) is 20.7. The fourth-order valence-electron chi connectivity index (χ4n) is 5.23. The molecule has 3 aromatic rings. The van der Waals surface area contributed by atoms with E-state index in [2.05, 4.69) is 39.2 Å². The van der Waals surface area contributed by atoms with E-state index in [0.717, 1.165) is 66.3 Å². The molecule has 13 heteroatoms. The smallest absolute Gasteiger partial charge is 0.251 e. The topological polar surface area (TPSA) is 164 Å². The zero-order chi connectivity index (χ0) is 30.6. The molecule has 43 heavy (non-hydrogen) atoms. The third kappa shape index (κ3) is 7.43. The van der Waals surface area contributed by atoms with Gasteiger partial charge in [0.05, 0.1) is 19.3 Å². The molecule has 5 N–H and O–H groups in total. The number of benzene rings is 2. The number of thiophene rings is 1. The average Bonchev–Trinajstić information content (AvgIpc) is 3.49. The molecule has 11 nitrogen and oxygen atoms in total. The second-order valence-corrected chi connectivity index (χ2v) is 13.4. The molecule has 1 aromatic heterocycles. The van der Waals surface area contributed by atoms with Crippen LogP contribution in [-0.4, -0.2) is 98.7 Å². The van der Waals surface area contributed by atoms with E-state index in [-0.39, 0.29) is 0 Å². The van der Waals surface area contributed by atoms with Gasteiger partial charge in [0, 0.05) is 41.6 Å². The lowest BCUT2D eigenvalue weighted by Gasteiger charge is -2.40. The molecule has 2 aromatic carbocycles. The zero-order valence-electron chi connectivity index (χ0n) is 23.7. The van der Waals surface area contributed by atoms with Crippen molar-refractivity contribution in [2.45, 2.75) is 44.0 Å². The Bertz CT molecular complexity index is 1600. The van der Waals surface area contributed by atoms with E-state index in [9.17, 15) is 29.0 Å². The van der Waals surface area contributed by atoms with Crippen LogP contribution in [0, 0.1) is 11.3 Å². The van der Waals surface area contributed by atoms with Crippen LogP contribution in [0.2, 0.25) is 0 Å². The Morgan fingerprint density at radius 3 is 2.58 bits per heavy atom. The standard InChI is InChI=1S/C30H36N4O7S2/c1-2-25-28(35)29(36)27(30(37)41-25)33-43(38,39)24(18-31)17-23-7-8-26(42-23)21-4-3-20-16-22(6-5-19(20)15-21)32-9-10-34-11-13-40-14-12-34/h3-8,15-17,25,27-30,32-33,35-37H,2,9-14H2,1H3/b24-17+/t25-,27-,28-,29-,30?/m1/s1. The number of fused-ring (bicyclic) bond motifs is 1. The van der Waals surface area contributed by atoms with E-state index in [1.54, 1.807) is 19.1 Å². The first-order valence-electron chi connectivity index (χ1n) is 14.2. The van der Waals surface area contributed by atoms with Crippen LogP contribution in [0.3, 0.4) is 0 Å². The van der Waals surface area contributed by atoms with Crippen LogP contribution in [-0.2, 0) is 19.5 Å². The number of nitrogens with one attached hydrogen (secondary N) is 2. The number of morpholine rings is 1. The molecule has 0 aliphatic carbocycles. The van der Waals surface area contributed by atoms with Gasteiger partial charge in [-0.25, -0.2) is 8.42 Å². The van der Waals surface area contributed by atoms with Crippen LogP contribution < -0.4 is 10.0 Å². The van der Waals surface area contributed by atoms with Gasteiger partial charge < -0.3 is 30.1 Å². The summed E-state index contributed by atoms with van der Waals surface area (Å²) >= 11 is 1.32. The van der Waals surface area contributed by atoms with Crippen molar-refractivity contribution in [2.75, 3.05) is 44.7 Å². The van der Waals surface area contributed by atoms with Gasteiger partial charge in [0.15, 0.2) is 11.2 Å². The molecular formula is C30H36N4O7S2. The Morgan fingerprint density at radius 2 is 1.84 bits per heavy atom. The minimum atomic E-state index is -4.45. The van der Waals surface area contributed by atoms with Crippen molar-refractivity contribution >= 4 is 43.9 Å². The molecule has 5 rings (SSSR count). The minimum absolute atomic E-state index is 0.310. The minimum Gasteiger partial charge on any atom is -0.388 e. The molecule has 1 unspecified atom stereocenters. The van der Waals surface area contributed by atoms with Gasteiger partial charge in [-0.3, -0.25) is 4.90 Å². The lowest BCUT2D eigenvalue weighted by atomic mass is 9.96. The normalized spacial score (nSPS) is 25.5. The predicted molar refractivity (Wildman–Crippen MR) is 166 cm³/mol. The van der Waals surface area contributed by atoms with Crippen LogP contribution in [0.25, 0.3) is 27.3 Å². The first-order valence-corrected chi connectivity index (χ1v) is 16.5. The Balaban J connectivity index is 1.26. The Kier molecular flexibility index (Phi) is 10.1. The quantitative estimate of drug-likeness (QED) is 0.211. The maximum absolute atomic E-state index is 13.0. The number of allylic oxidation sites excluding steroid dienone is 1. The van der Waals surface area contributed by atoms with Gasteiger partial charge in [-0.15, -0.1) is 11.3 Å². The van der Waals surface area contributed by atoms with Crippen molar-refractivity contribution in [1.82, 2.24) is 9.62 Å². The second kappa shape index (κ2) is 13.8. The van der Waals surface area contributed by atoms with Gasteiger partial charge in [0.2, 0.25) is 0 Å². The maximum Gasteiger partial charge on any atom is 0.251 e. The molecule has 2 aliphatic heterocycles. The Hall–Kier alpha value is -2.90. The van der Waals surface area contributed by atoms with Crippen LogP contribution in [0.1, 0.15) is 18.2 Å². The molecule has 2 fully saturated rings. The van der Waals surface area contributed by atoms with Gasteiger partial charge in [-0.1, -0.05) is 25.1 Å². The molecule has 3 heterocycles. The highest BCUT2D eigenvalue weighted by atomic mass is 32.2. The number of sulfonamides is 1. The monoisotopic (exact) mass is 628 g/mol. The van der Waals surface area contributed by atoms with E-state index in [1.807, 2.05) is 18.2 Å². The summed E-state index contributed by atoms with van der Waals surface area (Å²) < 4.78 is 38.8. The van der Waals surface area contributed by atoms with Crippen LogP contribution in [0.5, 0.6) is 0 Å². The fourth-order valence-corrected chi connectivity index (χ4v) is 7.40. The van der Waals surface area contributed by atoms with Crippen molar-refractivity contribution in [2.24, 2.45) is 0 Å². The lowest BCUT2D eigenvalue weighted by Crippen LogP contribution is -2.63. The van der Waals surface area contributed by atoms with Crippen molar-refractivity contribution < 1.29 is 33.2 Å². The highest BCUT2D eigenvalue weighted by Crippen LogP contribution is 2.33. The number of nitrogens with zero attached hydrogens (tertiary/aromatic N) is 2. The summed E-state index contributed by atoms with van der Waals surface area (Å²) in [7, 11) is -4.45. The lowest BCUT2D eigenvalue weighted by molar-refractivity contribution is -0.244. The number of aliphatic hydroxyl groups excluding tert-OH is 3. The van der Waals surface area contributed by atoms with E-state index in [4.69, 9.17) is 9.47 Å². The molecule has 0 saturated carbocycles. The fraction of sp³-hybridized carbons (Fsp3) is 0.433.